The molecule has 2 N–H and O–H groups in total. The van der Waals surface area contributed by atoms with Crippen molar-refractivity contribution < 1.29 is 27.4 Å². The Balaban J connectivity index is 2.23. The van der Waals surface area contributed by atoms with Crippen molar-refractivity contribution in [2.24, 2.45) is 0 Å². The lowest BCUT2D eigenvalue weighted by Gasteiger charge is -2.16. The van der Waals surface area contributed by atoms with Crippen LogP contribution in [0.1, 0.15) is 12.5 Å². The molecule has 1 rings (SSSR count). The molecule has 0 saturated carbocycles. The number of nitrogens with one attached hydrogen (secondary N) is 2. The molecule has 1 atom stereocenters. The second kappa shape index (κ2) is 9.24. The molecule has 0 saturated heterocycles. The molecule has 0 spiro atoms. The average Bonchev–Trinajstić information content (AvgIpc) is 2.46. The number of urea groups is 1. The number of alkyl halides is 3. The van der Waals surface area contributed by atoms with Crippen LogP contribution in [-0.4, -0.2) is 45.1 Å². The van der Waals surface area contributed by atoms with E-state index in [1.807, 2.05) is 24.3 Å². The van der Waals surface area contributed by atoms with Gasteiger partial charge in [0.25, 0.3) is 0 Å². The molecule has 1 aromatic carbocycles. The van der Waals surface area contributed by atoms with Gasteiger partial charge in [-0.1, -0.05) is 18.2 Å². The molecule has 23 heavy (non-hydrogen) atoms. The summed E-state index contributed by atoms with van der Waals surface area (Å²) in [5.41, 5.74) is 0.955. The van der Waals surface area contributed by atoms with E-state index in [-0.39, 0.29) is 6.61 Å². The zero-order valence-corrected chi connectivity index (χ0v) is 13.1. The van der Waals surface area contributed by atoms with Crippen LogP contribution in [0.5, 0.6) is 5.75 Å². The monoisotopic (exact) mass is 334 g/mol. The van der Waals surface area contributed by atoms with E-state index in [2.05, 4.69) is 15.4 Å². The number of methoxy groups -OCH3 is 1. The van der Waals surface area contributed by atoms with Crippen molar-refractivity contribution in [1.29, 1.82) is 0 Å². The quantitative estimate of drug-likeness (QED) is 0.768. The summed E-state index contributed by atoms with van der Waals surface area (Å²) in [4.78, 5) is 11.6. The molecule has 5 nitrogen and oxygen atoms in total. The van der Waals surface area contributed by atoms with E-state index in [0.717, 1.165) is 11.3 Å². The van der Waals surface area contributed by atoms with Crippen LogP contribution in [0, 0.1) is 0 Å². The minimum absolute atomic E-state index is 0.209. The van der Waals surface area contributed by atoms with Crippen LogP contribution >= 0.6 is 0 Å². The maximum atomic E-state index is 11.9. The first kappa shape index (κ1) is 19.1. The standard InChI is InChI=1S/C15H21F3N2O3/c1-11(9-23-10-15(16,17)18)20-14(21)19-8-7-12-5-3-4-6-13(12)22-2/h3-6,11H,7-10H2,1-2H3,(H2,19,20,21)/t11-/m0/s1. The van der Waals surface area contributed by atoms with Gasteiger partial charge in [0, 0.05) is 6.54 Å². The van der Waals surface area contributed by atoms with Gasteiger partial charge in [-0.25, -0.2) is 4.79 Å². The first-order valence-electron chi connectivity index (χ1n) is 7.12. The maximum absolute atomic E-state index is 11.9. The van der Waals surface area contributed by atoms with Gasteiger partial charge in [-0.15, -0.1) is 0 Å². The van der Waals surface area contributed by atoms with Crippen molar-refractivity contribution in [1.82, 2.24) is 10.6 Å². The van der Waals surface area contributed by atoms with E-state index in [0.29, 0.717) is 13.0 Å². The zero-order chi connectivity index (χ0) is 17.3. The number of ether oxygens (including phenoxy) is 2. The molecule has 0 aliphatic carbocycles. The number of carbonyl (C=O) groups excluding carboxylic acids is 1. The van der Waals surface area contributed by atoms with E-state index < -0.39 is 24.9 Å². The van der Waals surface area contributed by atoms with E-state index in [1.165, 1.54) is 0 Å². The third-order valence-corrected chi connectivity index (χ3v) is 2.88. The maximum Gasteiger partial charge on any atom is 0.411 e. The fourth-order valence-corrected chi connectivity index (χ4v) is 1.89. The van der Waals surface area contributed by atoms with Gasteiger partial charge in [0.1, 0.15) is 12.4 Å². The number of carbonyl (C=O) groups is 1. The number of amides is 2. The Bertz CT molecular complexity index is 495. The summed E-state index contributed by atoms with van der Waals surface area (Å²) in [6.07, 6.45) is -3.78. The summed E-state index contributed by atoms with van der Waals surface area (Å²) in [7, 11) is 1.57. The third kappa shape index (κ3) is 8.29. The summed E-state index contributed by atoms with van der Waals surface area (Å²) in [5, 5.41) is 5.14. The van der Waals surface area contributed by atoms with E-state index in [9.17, 15) is 18.0 Å². The second-order valence-electron chi connectivity index (χ2n) is 4.99. The van der Waals surface area contributed by atoms with Gasteiger partial charge in [0.2, 0.25) is 0 Å². The Labute approximate surface area is 133 Å². The van der Waals surface area contributed by atoms with Crippen LogP contribution in [0.3, 0.4) is 0 Å². The highest BCUT2D eigenvalue weighted by atomic mass is 19.4. The van der Waals surface area contributed by atoms with Crippen LogP contribution in [0.4, 0.5) is 18.0 Å². The first-order chi connectivity index (χ1) is 10.8. The number of rotatable bonds is 8. The summed E-state index contributed by atoms with van der Waals surface area (Å²) in [6.45, 7) is 0.409. The molecule has 0 heterocycles. The largest absolute Gasteiger partial charge is 0.496 e. The van der Waals surface area contributed by atoms with Gasteiger partial charge in [-0.2, -0.15) is 13.2 Å². The van der Waals surface area contributed by atoms with Crippen LogP contribution in [-0.2, 0) is 11.2 Å². The lowest BCUT2D eigenvalue weighted by molar-refractivity contribution is -0.174. The first-order valence-corrected chi connectivity index (χ1v) is 7.12. The minimum Gasteiger partial charge on any atom is -0.496 e. The number of halogens is 3. The predicted molar refractivity (Wildman–Crippen MR) is 79.6 cm³/mol. The van der Waals surface area contributed by atoms with Crippen molar-refractivity contribution in [2.45, 2.75) is 25.6 Å². The number of hydrogen-bond acceptors (Lipinski definition) is 3. The van der Waals surface area contributed by atoms with Crippen LogP contribution in [0.25, 0.3) is 0 Å². The molecular formula is C15H21F3N2O3. The van der Waals surface area contributed by atoms with Gasteiger partial charge in [0.15, 0.2) is 0 Å². The van der Waals surface area contributed by atoms with E-state index >= 15 is 0 Å². The average molecular weight is 334 g/mol. The van der Waals surface area contributed by atoms with Crippen molar-refractivity contribution >= 4 is 6.03 Å². The third-order valence-electron chi connectivity index (χ3n) is 2.88. The lowest BCUT2D eigenvalue weighted by atomic mass is 10.1. The normalized spacial score (nSPS) is 12.6. The molecule has 130 valence electrons. The summed E-state index contributed by atoms with van der Waals surface area (Å²) < 4.78 is 45.5. The Kier molecular flexibility index (Phi) is 7.67. The second-order valence-corrected chi connectivity index (χ2v) is 4.99. The Morgan fingerprint density at radius 2 is 2.00 bits per heavy atom. The molecule has 0 aliphatic rings. The zero-order valence-electron chi connectivity index (χ0n) is 13.1. The Hall–Kier alpha value is -1.96. The highest BCUT2D eigenvalue weighted by Crippen LogP contribution is 2.17. The Morgan fingerprint density at radius 3 is 2.65 bits per heavy atom. The molecule has 0 unspecified atom stereocenters. The van der Waals surface area contributed by atoms with Gasteiger partial charge in [-0.05, 0) is 25.0 Å². The van der Waals surface area contributed by atoms with Crippen LogP contribution < -0.4 is 15.4 Å². The molecule has 1 aromatic rings. The fourth-order valence-electron chi connectivity index (χ4n) is 1.89. The summed E-state index contributed by atoms with van der Waals surface area (Å²) >= 11 is 0. The molecule has 0 radical (unpaired) electrons. The summed E-state index contributed by atoms with van der Waals surface area (Å²) in [6, 6.07) is 6.47. The van der Waals surface area contributed by atoms with Gasteiger partial charge in [0.05, 0.1) is 19.8 Å². The molecular weight excluding hydrogens is 313 g/mol. The van der Waals surface area contributed by atoms with Gasteiger partial charge in [-0.3, -0.25) is 0 Å². The topological polar surface area (TPSA) is 59.6 Å². The molecule has 0 aromatic heterocycles. The van der Waals surface area contributed by atoms with Crippen LogP contribution in [0.15, 0.2) is 24.3 Å². The molecule has 2 amide bonds. The predicted octanol–water partition coefficient (Wildman–Crippen LogP) is 2.50. The molecule has 0 fully saturated rings. The van der Waals surface area contributed by atoms with Crippen molar-refractivity contribution in [3.63, 3.8) is 0 Å². The lowest BCUT2D eigenvalue weighted by Crippen LogP contribution is -2.43. The van der Waals surface area contributed by atoms with Crippen molar-refractivity contribution in [2.75, 3.05) is 26.9 Å². The van der Waals surface area contributed by atoms with E-state index in [4.69, 9.17) is 4.74 Å². The smallest absolute Gasteiger partial charge is 0.411 e. The number of hydrogen-bond donors (Lipinski definition) is 2. The van der Waals surface area contributed by atoms with Gasteiger partial charge >= 0.3 is 12.2 Å². The Morgan fingerprint density at radius 1 is 1.30 bits per heavy atom. The van der Waals surface area contributed by atoms with Crippen LogP contribution in [0.2, 0.25) is 0 Å². The van der Waals surface area contributed by atoms with E-state index in [1.54, 1.807) is 14.0 Å². The molecule has 0 bridgehead atoms. The SMILES string of the molecule is COc1ccccc1CCNC(=O)N[C@@H](C)COCC(F)(F)F. The van der Waals surface area contributed by atoms with Crippen molar-refractivity contribution in [3.8, 4) is 5.75 Å². The number of para-hydroxylation sites is 1. The van der Waals surface area contributed by atoms with Gasteiger partial charge < -0.3 is 20.1 Å². The number of benzene rings is 1. The van der Waals surface area contributed by atoms with Crippen molar-refractivity contribution in [3.05, 3.63) is 29.8 Å². The summed E-state index contributed by atoms with van der Waals surface area (Å²) in [5.74, 6) is 0.739. The molecule has 0 aliphatic heterocycles. The highest BCUT2D eigenvalue weighted by Gasteiger charge is 2.27. The highest BCUT2D eigenvalue weighted by molar-refractivity contribution is 5.74. The minimum atomic E-state index is -4.36. The fraction of sp³-hybridized carbons (Fsp3) is 0.533. The molecule has 8 heteroatoms.